The summed E-state index contributed by atoms with van der Waals surface area (Å²) in [5.74, 6) is -1.24. The molecule has 9 heteroatoms. The maximum Gasteiger partial charge on any atom is 0.339 e. The molecule has 0 spiro atoms. The summed E-state index contributed by atoms with van der Waals surface area (Å²) in [5, 5.41) is 14.3. The van der Waals surface area contributed by atoms with Crippen LogP contribution in [0.5, 0.6) is 5.75 Å². The van der Waals surface area contributed by atoms with E-state index in [1.165, 1.54) is 25.3 Å². The number of carbonyl (C=O) groups is 1. The second-order valence-corrected chi connectivity index (χ2v) is 5.77. The van der Waals surface area contributed by atoms with Crippen LogP contribution in [0.1, 0.15) is 28.9 Å². The van der Waals surface area contributed by atoms with Crippen LogP contribution in [-0.2, 0) is 4.74 Å². The summed E-state index contributed by atoms with van der Waals surface area (Å²) in [5.41, 5.74) is 0.173. The number of nitro benzene ring substituents is 1. The van der Waals surface area contributed by atoms with Gasteiger partial charge in [-0.1, -0.05) is 17.7 Å². The van der Waals surface area contributed by atoms with Crippen molar-refractivity contribution in [3.63, 3.8) is 0 Å². The summed E-state index contributed by atoms with van der Waals surface area (Å²) >= 11 is 6.03. The molecule has 0 saturated carbocycles. The average Bonchev–Trinajstić information content (AvgIpc) is 2.60. The van der Waals surface area contributed by atoms with Crippen LogP contribution in [0.15, 0.2) is 30.3 Å². The predicted octanol–water partition coefficient (Wildman–Crippen LogP) is 4.36. The van der Waals surface area contributed by atoms with E-state index in [1.807, 2.05) is 0 Å². The highest BCUT2D eigenvalue weighted by Gasteiger charge is 2.23. The molecule has 0 aliphatic carbocycles. The summed E-state index contributed by atoms with van der Waals surface area (Å²) in [4.78, 5) is 22.4. The number of nitrogens with zero attached hydrogens (tertiary/aromatic N) is 1. The number of carbonyl (C=O) groups excluding carboxylic acids is 1. The van der Waals surface area contributed by atoms with Gasteiger partial charge in [0.05, 0.1) is 29.7 Å². The number of halogens is 2. The molecule has 0 aliphatic rings. The molecular weight excluding hydrogens is 367 g/mol. The SMILES string of the molecule is COC(=O)c1cc([N+](=O)[O-])c(NC(C)c2ccc(OC)c(F)c2)cc1Cl. The van der Waals surface area contributed by atoms with Crippen LogP contribution in [0.2, 0.25) is 5.02 Å². The van der Waals surface area contributed by atoms with E-state index in [0.717, 1.165) is 13.2 Å². The van der Waals surface area contributed by atoms with Gasteiger partial charge in [0.15, 0.2) is 11.6 Å². The number of methoxy groups -OCH3 is 2. The van der Waals surface area contributed by atoms with Crippen LogP contribution in [0, 0.1) is 15.9 Å². The number of esters is 1. The quantitative estimate of drug-likeness (QED) is 0.453. The Hall–Kier alpha value is -2.87. The third-order valence-electron chi connectivity index (χ3n) is 3.74. The summed E-state index contributed by atoms with van der Waals surface area (Å²) in [7, 11) is 2.50. The number of ether oxygens (including phenoxy) is 2. The van der Waals surface area contributed by atoms with Crippen molar-refractivity contribution in [3.8, 4) is 5.75 Å². The molecule has 0 bridgehead atoms. The minimum atomic E-state index is -0.782. The minimum Gasteiger partial charge on any atom is -0.494 e. The maximum absolute atomic E-state index is 13.9. The largest absolute Gasteiger partial charge is 0.494 e. The third-order valence-corrected chi connectivity index (χ3v) is 4.05. The lowest BCUT2D eigenvalue weighted by Gasteiger charge is -2.17. The van der Waals surface area contributed by atoms with Crippen molar-refractivity contribution in [2.24, 2.45) is 0 Å². The molecule has 0 heterocycles. The highest BCUT2D eigenvalue weighted by atomic mass is 35.5. The van der Waals surface area contributed by atoms with Gasteiger partial charge in [-0.2, -0.15) is 0 Å². The fraction of sp³-hybridized carbons (Fsp3) is 0.235. The first-order chi connectivity index (χ1) is 12.3. The zero-order valence-corrected chi connectivity index (χ0v) is 15.0. The van der Waals surface area contributed by atoms with Crippen molar-refractivity contribution >= 4 is 28.9 Å². The van der Waals surface area contributed by atoms with Crippen LogP contribution in [0.25, 0.3) is 0 Å². The van der Waals surface area contributed by atoms with Crippen LogP contribution in [-0.4, -0.2) is 25.1 Å². The summed E-state index contributed by atoms with van der Waals surface area (Å²) < 4.78 is 23.3. The maximum atomic E-state index is 13.9. The van der Waals surface area contributed by atoms with Gasteiger partial charge < -0.3 is 14.8 Å². The smallest absolute Gasteiger partial charge is 0.339 e. The molecule has 0 amide bonds. The lowest BCUT2D eigenvalue weighted by Crippen LogP contribution is -2.10. The van der Waals surface area contributed by atoms with Gasteiger partial charge in [-0.3, -0.25) is 10.1 Å². The molecule has 1 atom stereocenters. The Morgan fingerprint density at radius 2 is 2.00 bits per heavy atom. The Labute approximate surface area is 153 Å². The van der Waals surface area contributed by atoms with Crippen LogP contribution in [0.3, 0.4) is 0 Å². The molecule has 0 aliphatic heterocycles. The molecule has 1 N–H and O–H groups in total. The number of hydrogen-bond acceptors (Lipinski definition) is 6. The minimum absolute atomic E-state index is 0.00179. The Bertz CT molecular complexity index is 859. The first kappa shape index (κ1) is 19.5. The van der Waals surface area contributed by atoms with Crippen molar-refractivity contribution in [1.82, 2.24) is 0 Å². The number of nitrogens with one attached hydrogen (secondary N) is 1. The lowest BCUT2D eigenvalue weighted by atomic mass is 10.1. The van der Waals surface area contributed by atoms with Gasteiger partial charge in [0, 0.05) is 12.1 Å². The normalized spacial score (nSPS) is 11.6. The molecule has 7 nitrogen and oxygen atoms in total. The van der Waals surface area contributed by atoms with E-state index in [4.69, 9.17) is 16.3 Å². The zero-order valence-electron chi connectivity index (χ0n) is 14.2. The van der Waals surface area contributed by atoms with E-state index in [9.17, 15) is 19.3 Å². The van der Waals surface area contributed by atoms with E-state index in [2.05, 4.69) is 10.1 Å². The van der Waals surface area contributed by atoms with Crippen molar-refractivity contribution in [1.29, 1.82) is 0 Å². The molecule has 2 aromatic carbocycles. The summed E-state index contributed by atoms with van der Waals surface area (Å²) in [6, 6.07) is 6.20. The fourth-order valence-corrected chi connectivity index (χ4v) is 2.60. The molecule has 2 aromatic rings. The average molecular weight is 383 g/mol. The van der Waals surface area contributed by atoms with Crippen LogP contribution < -0.4 is 10.1 Å². The van der Waals surface area contributed by atoms with Crippen LogP contribution in [0.4, 0.5) is 15.8 Å². The lowest BCUT2D eigenvalue weighted by molar-refractivity contribution is -0.384. The van der Waals surface area contributed by atoms with Gasteiger partial charge in [-0.25, -0.2) is 9.18 Å². The molecule has 0 saturated heterocycles. The van der Waals surface area contributed by atoms with Crippen molar-refractivity contribution < 1.29 is 23.6 Å². The number of anilines is 1. The van der Waals surface area contributed by atoms with Gasteiger partial charge in [-0.15, -0.1) is 0 Å². The van der Waals surface area contributed by atoms with Gasteiger partial charge in [0.25, 0.3) is 5.69 Å². The first-order valence-electron chi connectivity index (χ1n) is 7.44. The summed E-state index contributed by atoms with van der Waals surface area (Å²) in [6.45, 7) is 1.70. The van der Waals surface area contributed by atoms with Crippen molar-refractivity contribution in [2.75, 3.05) is 19.5 Å². The predicted molar refractivity (Wildman–Crippen MR) is 94.4 cm³/mol. The van der Waals surface area contributed by atoms with Crippen LogP contribution >= 0.6 is 11.6 Å². The molecule has 0 radical (unpaired) electrons. The monoisotopic (exact) mass is 382 g/mol. The Morgan fingerprint density at radius 1 is 1.31 bits per heavy atom. The van der Waals surface area contributed by atoms with Crippen molar-refractivity contribution in [3.05, 3.63) is 62.4 Å². The second kappa shape index (κ2) is 8.01. The molecule has 0 aromatic heterocycles. The van der Waals surface area contributed by atoms with Gasteiger partial charge >= 0.3 is 5.97 Å². The Morgan fingerprint density at radius 3 is 2.54 bits per heavy atom. The third kappa shape index (κ3) is 4.02. The first-order valence-corrected chi connectivity index (χ1v) is 7.82. The molecule has 1 unspecified atom stereocenters. The van der Waals surface area contributed by atoms with E-state index >= 15 is 0 Å². The molecular formula is C17H16ClFN2O5. The number of nitro groups is 1. The van der Waals surface area contributed by atoms with Crippen molar-refractivity contribution in [2.45, 2.75) is 13.0 Å². The fourth-order valence-electron chi connectivity index (χ4n) is 2.36. The molecule has 0 fully saturated rings. The van der Waals surface area contributed by atoms with Gasteiger partial charge in [0.2, 0.25) is 0 Å². The Balaban J connectivity index is 2.38. The number of hydrogen-bond donors (Lipinski definition) is 1. The number of benzene rings is 2. The van der Waals surface area contributed by atoms with Gasteiger partial charge in [-0.05, 0) is 30.7 Å². The number of rotatable bonds is 6. The standard InChI is InChI=1S/C17H16ClFN2O5/c1-9(10-4-5-16(25-2)13(19)6-10)20-14-8-12(18)11(17(22)26-3)7-15(14)21(23)24/h4-9,20H,1-3H3. The highest BCUT2D eigenvalue weighted by Crippen LogP contribution is 2.34. The van der Waals surface area contributed by atoms with Gasteiger partial charge in [0.1, 0.15) is 5.69 Å². The molecule has 138 valence electrons. The van der Waals surface area contributed by atoms with E-state index in [1.54, 1.807) is 13.0 Å². The Kier molecular flexibility index (Phi) is 5.99. The topological polar surface area (TPSA) is 90.7 Å². The summed E-state index contributed by atoms with van der Waals surface area (Å²) in [6.07, 6.45) is 0. The molecule has 26 heavy (non-hydrogen) atoms. The van der Waals surface area contributed by atoms with E-state index < -0.39 is 22.8 Å². The highest BCUT2D eigenvalue weighted by molar-refractivity contribution is 6.34. The zero-order chi connectivity index (χ0) is 19.4. The van der Waals surface area contributed by atoms with E-state index in [0.29, 0.717) is 5.56 Å². The van der Waals surface area contributed by atoms with E-state index in [-0.39, 0.29) is 27.7 Å². The molecule has 2 rings (SSSR count). The second-order valence-electron chi connectivity index (χ2n) is 5.36.